The molecular weight excluding hydrogens is 309 g/mol. The molecule has 1 heterocycles. The van der Waals surface area contributed by atoms with E-state index in [-0.39, 0.29) is 18.2 Å². The third-order valence-electron chi connectivity index (χ3n) is 4.37. The summed E-state index contributed by atoms with van der Waals surface area (Å²) in [5.41, 5.74) is -0.895. The maximum atomic E-state index is 12.8. The molecule has 1 aliphatic heterocycles. The Balaban J connectivity index is 1.80. The number of halogens is 3. The normalized spacial score (nSPS) is 23.1. The highest BCUT2D eigenvalue weighted by molar-refractivity contribution is 6.22. The van der Waals surface area contributed by atoms with Crippen LogP contribution in [-0.4, -0.2) is 23.9 Å². The molecular formula is C16H17F3N2O2. The number of carbonyl (C=O) groups excluding carboxylic acids is 2. The molecule has 7 heteroatoms. The Kier molecular flexibility index (Phi) is 4.14. The van der Waals surface area contributed by atoms with Crippen molar-refractivity contribution in [1.29, 1.82) is 0 Å². The number of hydrogen-bond donors (Lipinski definition) is 1. The Hall–Kier alpha value is -1.89. The fourth-order valence-electron chi connectivity index (χ4n) is 3.23. The lowest BCUT2D eigenvalue weighted by Crippen LogP contribution is -2.43. The zero-order chi connectivity index (χ0) is 16.6. The van der Waals surface area contributed by atoms with E-state index in [0.717, 1.165) is 42.7 Å². The van der Waals surface area contributed by atoms with Crippen molar-refractivity contribution in [3.8, 4) is 0 Å². The van der Waals surface area contributed by atoms with Crippen LogP contribution in [0.25, 0.3) is 0 Å². The highest BCUT2D eigenvalue weighted by Gasteiger charge is 2.41. The topological polar surface area (TPSA) is 49.4 Å². The zero-order valence-electron chi connectivity index (χ0n) is 12.4. The second-order valence-corrected chi connectivity index (χ2v) is 6.02. The zero-order valence-corrected chi connectivity index (χ0v) is 12.4. The second-order valence-electron chi connectivity index (χ2n) is 6.02. The minimum Gasteiger partial charge on any atom is -0.303 e. The predicted octanol–water partition coefficient (Wildman–Crippen LogP) is 2.87. The number of hydrogen-bond acceptors (Lipinski definition) is 3. The first-order valence-corrected chi connectivity index (χ1v) is 7.66. The molecule has 2 fully saturated rings. The van der Waals surface area contributed by atoms with Gasteiger partial charge >= 0.3 is 6.18 Å². The van der Waals surface area contributed by atoms with E-state index in [4.69, 9.17) is 0 Å². The number of carbonyl (C=O) groups is 2. The highest BCUT2D eigenvalue weighted by atomic mass is 19.4. The highest BCUT2D eigenvalue weighted by Crippen LogP contribution is 2.33. The maximum absolute atomic E-state index is 12.8. The van der Waals surface area contributed by atoms with Crippen LogP contribution < -0.4 is 10.2 Å². The smallest absolute Gasteiger partial charge is 0.303 e. The van der Waals surface area contributed by atoms with Gasteiger partial charge < -0.3 is 5.32 Å². The number of benzene rings is 1. The molecule has 0 aromatic heterocycles. The molecule has 2 aliphatic rings. The van der Waals surface area contributed by atoms with Crippen molar-refractivity contribution in [1.82, 2.24) is 5.32 Å². The van der Waals surface area contributed by atoms with E-state index in [2.05, 4.69) is 5.32 Å². The molecule has 0 spiro atoms. The minimum absolute atomic E-state index is 0.00835. The molecule has 3 rings (SSSR count). The minimum atomic E-state index is -4.51. The Labute approximate surface area is 131 Å². The van der Waals surface area contributed by atoms with Crippen LogP contribution in [0, 0.1) is 0 Å². The summed E-state index contributed by atoms with van der Waals surface area (Å²) in [6.45, 7) is 0. The van der Waals surface area contributed by atoms with E-state index in [0.29, 0.717) is 0 Å². The first kappa shape index (κ1) is 16.0. The summed E-state index contributed by atoms with van der Waals surface area (Å²) < 4.78 is 38.4. The first-order valence-electron chi connectivity index (χ1n) is 7.66. The van der Waals surface area contributed by atoms with Gasteiger partial charge in [-0.1, -0.05) is 18.9 Å². The van der Waals surface area contributed by atoms with Crippen molar-refractivity contribution < 1.29 is 22.8 Å². The molecule has 1 aliphatic carbocycles. The van der Waals surface area contributed by atoms with Crippen molar-refractivity contribution in [2.24, 2.45) is 0 Å². The molecule has 1 aromatic rings. The van der Waals surface area contributed by atoms with E-state index in [1.54, 1.807) is 0 Å². The van der Waals surface area contributed by atoms with Crippen LogP contribution in [0.15, 0.2) is 24.3 Å². The quantitative estimate of drug-likeness (QED) is 0.869. The average molecular weight is 326 g/mol. The van der Waals surface area contributed by atoms with Gasteiger partial charge in [-0.3, -0.25) is 9.59 Å². The lowest BCUT2D eigenvalue weighted by atomic mass is 10.1. The molecule has 124 valence electrons. The number of alkyl halides is 3. The van der Waals surface area contributed by atoms with Gasteiger partial charge in [0.25, 0.3) is 5.91 Å². The fraction of sp³-hybridized carbons (Fsp3) is 0.500. The summed E-state index contributed by atoms with van der Waals surface area (Å²) in [6.07, 6.45) is -0.425. The van der Waals surface area contributed by atoms with Gasteiger partial charge in [-0.25, -0.2) is 4.90 Å². The summed E-state index contributed by atoms with van der Waals surface area (Å²) in [5, 5.41) is 3.17. The maximum Gasteiger partial charge on any atom is 0.416 e. The number of anilines is 1. The van der Waals surface area contributed by atoms with E-state index in [1.165, 1.54) is 12.1 Å². The molecule has 1 saturated heterocycles. The summed E-state index contributed by atoms with van der Waals surface area (Å²) >= 11 is 0. The second kappa shape index (κ2) is 5.96. The molecule has 2 amide bonds. The number of amides is 2. The van der Waals surface area contributed by atoms with Gasteiger partial charge in [0.1, 0.15) is 0 Å². The summed E-state index contributed by atoms with van der Waals surface area (Å²) in [6, 6.07) is 3.88. The van der Waals surface area contributed by atoms with Crippen LogP contribution in [0.5, 0.6) is 0 Å². The summed E-state index contributed by atoms with van der Waals surface area (Å²) in [7, 11) is 0. The molecule has 1 aromatic carbocycles. The van der Waals surface area contributed by atoms with E-state index in [9.17, 15) is 22.8 Å². The van der Waals surface area contributed by atoms with Crippen LogP contribution in [0.1, 0.15) is 37.7 Å². The Morgan fingerprint density at radius 1 is 1.13 bits per heavy atom. The average Bonchev–Trinajstić information content (AvgIpc) is 3.08. The number of nitrogens with one attached hydrogen (secondary N) is 1. The van der Waals surface area contributed by atoms with E-state index < -0.39 is 29.6 Å². The molecule has 1 N–H and O–H groups in total. The molecule has 0 radical (unpaired) electrons. The largest absolute Gasteiger partial charge is 0.416 e. The van der Waals surface area contributed by atoms with Crippen LogP contribution >= 0.6 is 0 Å². The third-order valence-corrected chi connectivity index (χ3v) is 4.37. The van der Waals surface area contributed by atoms with Gasteiger partial charge in [0, 0.05) is 6.04 Å². The number of nitrogens with zero attached hydrogens (tertiary/aromatic N) is 1. The monoisotopic (exact) mass is 326 g/mol. The van der Waals surface area contributed by atoms with Gasteiger partial charge in [0.05, 0.1) is 23.7 Å². The van der Waals surface area contributed by atoms with Gasteiger partial charge in [-0.2, -0.15) is 13.2 Å². The van der Waals surface area contributed by atoms with Crippen LogP contribution in [0.2, 0.25) is 0 Å². The van der Waals surface area contributed by atoms with Gasteiger partial charge in [0.15, 0.2) is 0 Å². The van der Waals surface area contributed by atoms with Crippen molar-refractivity contribution in [3.05, 3.63) is 29.8 Å². The molecule has 0 unspecified atom stereocenters. The molecule has 0 bridgehead atoms. The third kappa shape index (κ3) is 3.24. The molecule has 23 heavy (non-hydrogen) atoms. The number of imide groups is 1. The van der Waals surface area contributed by atoms with Crippen LogP contribution in [0.4, 0.5) is 18.9 Å². The first-order chi connectivity index (χ1) is 10.9. The van der Waals surface area contributed by atoms with Crippen molar-refractivity contribution in [2.75, 3.05) is 4.90 Å². The Morgan fingerprint density at radius 2 is 1.83 bits per heavy atom. The van der Waals surface area contributed by atoms with E-state index >= 15 is 0 Å². The molecule has 1 atom stereocenters. The van der Waals surface area contributed by atoms with Gasteiger partial charge in [-0.15, -0.1) is 0 Å². The van der Waals surface area contributed by atoms with Gasteiger partial charge in [-0.05, 0) is 31.0 Å². The van der Waals surface area contributed by atoms with Crippen molar-refractivity contribution >= 4 is 17.5 Å². The Morgan fingerprint density at radius 3 is 2.48 bits per heavy atom. The van der Waals surface area contributed by atoms with Crippen molar-refractivity contribution in [2.45, 2.75) is 50.4 Å². The molecule has 1 saturated carbocycles. The van der Waals surface area contributed by atoms with Crippen LogP contribution in [0.3, 0.4) is 0 Å². The fourth-order valence-corrected chi connectivity index (χ4v) is 3.23. The standard InChI is InChI=1S/C16H17F3N2O2/c17-16(18,19)10-4-3-7-12(8-10)21-14(22)9-13(15(21)23)20-11-5-1-2-6-11/h3-4,7-8,11,13,20H,1-2,5-6,9H2/t13-/m1/s1. The summed E-state index contributed by atoms with van der Waals surface area (Å²) in [4.78, 5) is 25.4. The molecule has 4 nitrogen and oxygen atoms in total. The lowest BCUT2D eigenvalue weighted by molar-refractivity contribution is -0.137. The lowest BCUT2D eigenvalue weighted by Gasteiger charge is -2.19. The predicted molar refractivity (Wildman–Crippen MR) is 77.7 cm³/mol. The van der Waals surface area contributed by atoms with E-state index in [1.807, 2.05) is 0 Å². The summed E-state index contributed by atoms with van der Waals surface area (Å²) in [5.74, 6) is -0.939. The number of rotatable bonds is 3. The van der Waals surface area contributed by atoms with Gasteiger partial charge in [0.2, 0.25) is 5.91 Å². The SMILES string of the molecule is O=C1C[C@@H](NC2CCCC2)C(=O)N1c1cccc(C(F)(F)F)c1. The Bertz CT molecular complexity index is 624. The van der Waals surface area contributed by atoms with Crippen LogP contribution in [-0.2, 0) is 15.8 Å². The van der Waals surface area contributed by atoms with Crippen molar-refractivity contribution in [3.63, 3.8) is 0 Å².